The molecule has 0 unspecified atom stereocenters. The Labute approximate surface area is 147 Å². The number of aliphatic imine (C=N–C) groups is 1. The van der Waals surface area contributed by atoms with Crippen molar-refractivity contribution >= 4 is 17.7 Å². The van der Waals surface area contributed by atoms with E-state index in [4.69, 9.17) is 4.99 Å². The van der Waals surface area contributed by atoms with E-state index in [9.17, 15) is 0 Å². The normalized spacial score (nSPS) is 24.0. The minimum atomic E-state index is 0.333. The Bertz CT molecular complexity index is 375. The molecule has 0 aromatic heterocycles. The van der Waals surface area contributed by atoms with Gasteiger partial charge in [-0.2, -0.15) is 11.8 Å². The third-order valence-corrected chi connectivity index (χ3v) is 6.10. The van der Waals surface area contributed by atoms with E-state index < -0.39 is 0 Å². The molecule has 0 amide bonds. The summed E-state index contributed by atoms with van der Waals surface area (Å²) in [6, 6.07) is 0. The van der Waals surface area contributed by atoms with Crippen LogP contribution in [0.25, 0.3) is 0 Å². The Hall–Kier alpha value is -0.420. The first kappa shape index (κ1) is 18.9. The van der Waals surface area contributed by atoms with Gasteiger partial charge >= 0.3 is 0 Å². The molecule has 0 saturated carbocycles. The van der Waals surface area contributed by atoms with Crippen LogP contribution in [0.3, 0.4) is 0 Å². The third-order valence-electron chi connectivity index (χ3n) is 4.81. The lowest BCUT2D eigenvalue weighted by molar-refractivity contribution is 0.188. The summed E-state index contributed by atoms with van der Waals surface area (Å²) in [4.78, 5) is 10.1. The molecule has 2 heterocycles. The zero-order chi connectivity index (χ0) is 16.7. The van der Waals surface area contributed by atoms with Crippen LogP contribution >= 0.6 is 11.8 Å². The summed E-state index contributed by atoms with van der Waals surface area (Å²) in [6.45, 7) is 17.1. The number of likely N-dealkylation sites (tertiary alicyclic amines) is 1. The van der Waals surface area contributed by atoms with Crippen molar-refractivity contribution in [3.8, 4) is 0 Å². The third kappa shape index (κ3) is 6.18. The van der Waals surface area contributed by atoms with Crippen molar-refractivity contribution in [2.24, 2.45) is 10.9 Å². The van der Waals surface area contributed by atoms with E-state index in [0.29, 0.717) is 4.75 Å². The SMILES string of the molecule is CCCN1CCC(CN=C(NCC)N2CCSC(C)(C)C2)CC1. The molecule has 4 nitrogen and oxygen atoms in total. The van der Waals surface area contributed by atoms with Crippen molar-refractivity contribution in [1.29, 1.82) is 0 Å². The van der Waals surface area contributed by atoms with E-state index in [1.807, 2.05) is 0 Å². The first-order chi connectivity index (χ1) is 11.0. The molecule has 0 radical (unpaired) electrons. The lowest BCUT2D eigenvalue weighted by Crippen LogP contribution is -2.51. The van der Waals surface area contributed by atoms with E-state index in [1.165, 1.54) is 44.6 Å². The molecule has 2 saturated heterocycles. The van der Waals surface area contributed by atoms with Crippen molar-refractivity contribution in [3.05, 3.63) is 0 Å². The van der Waals surface area contributed by atoms with E-state index in [0.717, 1.165) is 38.1 Å². The summed E-state index contributed by atoms with van der Waals surface area (Å²) in [7, 11) is 0. The molecule has 1 N–H and O–H groups in total. The van der Waals surface area contributed by atoms with Crippen LogP contribution < -0.4 is 5.32 Å². The maximum absolute atomic E-state index is 5.00. The summed E-state index contributed by atoms with van der Waals surface area (Å²) >= 11 is 2.08. The van der Waals surface area contributed by atoms with E-state index in [2.05, 4.69) is 54.6 Å². The number of thioether (sulfide) groups is 1. The lowest BCUT2D eigenvalue weighted by Gasteiger charge is -2.39. The van der Waals surface area contributed by atoms with Gasteiger partial charge < -0.3 is 15.1 Å². The highest BCUT2D eigenvalue weighted by Crippen LogP contribution is 2.29. The molecule has 0 spiro atoms. The number of piperidine rings is 1. The summed E-state index contributed by atoms with van der Waals surface area (Å²) in [5.41, 5.74) is 0. The molecule has 2 fully saturated rings. The van der Waals surface area contributed by atoms with Gasteiger partial charge in [-0.15, -0.1) is 0 Å². The lowest BCUT2D eigenvalue weighted by atomic mass is 9.97. The number of nitrogens with zero attached hydrogens (tertiary/aromatic N) is 3. The minimum absolute atomic E-state index is 0.333. The zero-order valence-corrected chi connectivity index (χ0v) is 16.4. The summed E-state index contributed by atoms with van der Waals surface area (Å²) in [5, 5.41) is 3.52. The summed E-state index contributed by atoms with van der Waals surface area (Å²) < 4.78 is 0.333. The van der Waals surface area contributed by atoms with Gasteiger partial charge in [-0.3, -0.25) is 4.99 Å². The van der Waals surface area contributed by atoms with Crippen LogP contribution in [0.4, 0.5) is 0 Å². The molecular formula is C18H36N4S. The van der Waals surface area contributed by atoms with Crippen molar-refractivity contribution in [2.45, 2.75) is 51.7 Å². The van der Waals surface area contributed by atoms with Crippen LogP contribution in [-0.2, 0) is 0 Å². The molecule has 5 heteroatoms. The molecule has 134 valence electrons. The van der Waals surface area contributed by atoms with Gasteiger partial charge in [0.25, 0.3) is 0 Å². The monoisotopic (exact) mass is 340 g/mol. The van der Waals surface area contributed by atoms with Crippen LogP contribution in [0.5, 0.6) is 0 Å². The predicted octanol–water partition coefficient (Wildman–Crippen LogP) is 2.90. The standard InChI is InChI=1S/C18H36N4S/c1-5-9-21-10-7-16(8-11-21)14-20-17(19-6-2)22-12-13-23-18(3,4)15-22/h16H,5-15H2,1-4H3,(H,19,20). The minimum Gasteiger partial charge on any atom is -0.357 e. The van der Waals surface area contributed by atoms with Crippen molar-refractivity contribution in [1.82, 2.24) is 15.1 Å². The van der Waals surface area contributed by atoms with E-state index in [-0.39, 0.29) is 0 Å². The van der Waals surface area contributed by atoms with Gasteiger partial charge in [0.2, 0.25) is 0 Å². The van der Waals surface area contributed by atoms with Gasteiger partial charge in [0.05, 0.1) is 0 Å². The van der Waals surface area contributed by atoms with Crippen LogP contribution in [0, 0.1) is 5.92 Å². The fraction of sp³-hybridized carbons (Fsp3) is 0.944. The van der Waals surface area contributed by atoms with Crippen molar-refractivity contribution < 1.29 is 0 Å². The largest absolute Gasteiger partial charge is 0.357 e. The number of guanidine groups is 1. The van der Waals surface area contributed by atoms with Gasteiger partial charge in [-0.25, -0.2) is 0 Å². The fourth-order valence-electron chi connectivity index (χ4n) is 3.55. The van der Waals surface area contributed by atoms with Gasteiger partial charge in [0, 0.05) is 36.7 Å². The molecule has 0 bridgehead atoms. The highest BCUT2D eigenvalue weighted by molar-refractivity contribution is 8.00. The number of nitrogens with one attached hydrogen (secondary N) is 1. The van der Waals surface area contributed by atoms with Crippen LogP contribution in [0.2, 0.25) is 0 Å². The Morgan fingerprint density at radius 3 is 2.57 bits per heavy atom. The van der Waals surface area contributed by atoms with Crippen LogP contribution in [-0.4, -0.2) is 72.1 Å². The molecule has 0 aromatic rings. The maximum Gasteiger partial charge on any atom is 0.193 e. The van der Waals surface area contributed by atoms with Gasteiger partial charge in [-0.05, 0) is 65.6 Å². The Morgan fingerprint density at radius 2 is 1.96 bits per heavy atom. The number of hydrogen-bond acceptors (Lipinski definition) is 3. The van der Waals surface area contributed by atoms with Crippen LogP contribution in [0.1, 0.15) is 47.0 Å². The second-order valence-electron chi connectivity index (χ2n) is 7.51. The fourth-order valence-corrected chi connectivity index (χ4v) is 4.66. The quantitative estimate of drug-likeness (QED) is 0.616. The molecular weight excluding hydrogens is 304 g/mol. The summed E-state index contributed by atoms with van der Waals surface area (Å²) in [5.74, 6) is 3.10. The van der Waals surface area contributed by atoms with Gasteiger partial charge in [0.15, 0.2) is 5.96 Å². The first-order valence-corrected chi connectivity index (χ1v) is 10.4. The van der Waals surface area contributed by atoms with Crippen LogP contribution in [0.15, 0.2) is 4.99 Å². The Morgan fingerprint density at radius 1 is 1.22 bits per heavy atom. The predicted molar refractivity (Wildman–Crippen MR) is 104 cm³/mol. The molecule has 0 atom stereocenters. The maximum atomic E-state index is 5.00. The smallest absolute Gasteiger partial charge is 0.193 e. The second-order valence-corrected chi connectivity index (χ2v) is 9.31. The Kier molecular flexibility index (Phi) is 7.54. The molecule has 2 aliphatic heterocycles. The molecule has 2 rings (SSSR count). The van der Waals surface area contributed by atoms with Gasteiger partial charge in [0.1, 0.15) is 0 Å². The average molecular weight is 341 g/mol. The zero-order valence-electron chi connectivity index (χ0n) is 15.6. The molecule has 23 heavy (non-hydrogen) atoms. The number of rotatable bonds is 5. The van der Waals surface area contributed by atoms with Crippen molar-refractivity contribution in [3.63, 3.8) is 0 Å². The van der Waals surface area contributed by atoms with Gasteiger partial charge in [-0.1, -0.05) is 6.92 Å². The van der Waals surface area contributed by atoms with E-state index in [1.54, 1.807) is 0 Å². The highest BCUT2D eigenvalue weighted by atomic mass is 32.2. The molecule has 2 aliphatic rings. The second kappa shape index (κ2) is 9.16. The highest BCUT2D eigenvalue weighted by Gasteiger charge is 2.29. The van der Waals surface area contributed by atoms with E-state index >= 15 is 0 Å². The molecule has 0 aromatic carbocycles. The first-order valence-electron chi connectivity index (χ1n) is 9.43. The average Bonchev–Trinajstić information content (AvgIpc) is 2.52. The van der Waals surface area contributed by atoms with Crippen molar-refractivity contribution in [2.75, 3.05) is 51.6 Å². The topological polar surface area (TPSA) is 30.9 Å². The molecule has 0 aliphatic carbocycles. The Balaban J connectivity index is 1.86. The number of hydrogen-bond donors (Lipinski definition) is 1. The summed E-state index contributed by atoms with van der Waals surface area (Å²) in [6.07, 6.45) is 3.89.